The molecule has 0 unspecified atom stereocenters. The van der Waals surface area contributed by atoms with Gasteiger partial charge < -0.3 is 30.2 Å². The Morgan fingerprint density at radius 2 is 1.48 bits per heavy atom. The minimum atomic E-state index is -0.568. The summed E-state index contributed by atoms with van der Waals surface area (Å²) in [5.41, 5.74) is 1.88. The number of hydrogen-bond acceptors (Lipinski definition) is 7. The molecule has 0 aliphatic carbocycles. The van der Waals surface area contributed by atoms with E-state index in [1.54, 1.807) is 84.9 Å². The van der Waals surface area contributed by atoms with Crippen LogP contribution in [0.3, 0.4) is 0 Å². The van der Waals surface area contributed by atoms with Crippen molar-refractivity contribution in [3.05, 3.63) is 113 Å². The monoisotopic (exact) mass is 631 g/mol. The molecule has 0 aliphatic heterocycles. The van der Waals surface area contributed by atoms with Gasteiger partial charge in [-0.1, -0.05) is 48.0 Å². The molecular formula is C33H30ClN3O6S. The van der Waals surface area contributed by atoms with Gasteiger partial charge in [0.25, 0.3) is 11.8 Å². The molecule has 4 aromatic rings. The summed E-state index contributed by atoms with van der Waals surface area (Å²) in [5.74, 6) is 0.0290. The second-order valence-electron chi connectivity index (χ2n) is 9.14. The summed E-state index contributed by atoms with van der Waals surface area (Å²) in [7, 11) is 4.47. The van der Waals surface area contributed by atoms with Crippen molar-refractivity contribution in [1.29, 1.82) is 0 Å². The van der Waals surface area contributed by atoms with E-state index in [2.05, 4.69) is 16.0 Å². The molecule has 0 spiro atoms. The Hall–Kier alpha value is -4.93. The molecule has 226 valence electrons. The third-order valence-corrected chi connectivity index (χ3v) is 7.46. The first-order valence-corrected chi connectivity index (χ1v) is 14.6. The number of ether oxygens (including phenoxy) is 3. The molecule has 0 saturated carbocycles. The molecule has 0 aliphatic rings. The lowest BCUT2D eigenvalue weighted by molar-refractivity contribution is -0.114. The number of methoxy groups -OCH3 is 3. The van der Waals surface area contributed by atoms with E-state index >= 15 is 0 Å². The Kier molecular flexibility index (Phi) is 11.3. The standard InChI is InChI=1S/C33H30ClN3O6S/c1-41-28-17-21(18-29(42-2)31(28)43-3)16-27(37-32(39)22-10-5-4-6-11-22)33(40)35-23-12-9-13-24(19-23)44-20-30(38)36-26-15-8-7-14-25(26)34/h4-19H,20H2,1-3H3,(H,35,40)(H,36,38)(H,37,39)/b27-16+. The second-order valence-corrected chi connectivity index (χ2v) is 10.6. The number of benzene rings is 4. The number of para-hydroxylation sites is 1. The third kappa shape index (κ3) is 8.56. The fraction of sp³-hybridized carbons (Fsp3) is 0.121. The van der Waals surface area contributed by atoms with E-state index in [1.165, 1.54) is 39.2 Å². The van der Waals surface area contributed by atoms with E-state index in [9.17, 15) is 14.4 Å². The number of carbonyl (C=O) groups excluding carboxylic acids is 3. The topological polar surface area (TPSA) is 115 Å². The number of rotatable bonds is 12. The van der Waals surface area contributed by atoms with Crippen LogP contribution >= 0.6 is 23.4 Å². The van der Waals surface area contributed by atoms with Crippen LogP contribution in [0.5, 0.6) is 17.2 Å². The van der Waals surface area contributed by atoms with Crippen LogP contribution in [0.2, 0.25) is 5.02 Å². The number of halogens is 1. The SMILES string of the molecule is COc1cc(/C=C(/NC(=O)c2ccccc2)C(=O)Nc2cccc(SCC(=O)Nc3ccccc3Cl)c2)cc(OC)c1OC. The van der Waals surface area contributed by atoms with Gasteiger partial charge in [0, 0.05) is 16.1 Å². The largest absolute Gasteiger partial charge is 0.493 e. The first-order valence-electron chi connectivity index (χ1n) is 13.3. The molecule has 44 heavy (non-hydrogen) atoms. The third-order valence-electron chi connectivity index (χ3n) is 6.14. The van der Waals surface area contributed by atoms with Gasteiger partial charge in [-0.25, -0.2) is 0 Å². The summed E-state index contributed by atoms with van der Waals surface area (Å²) in [6.45, 7) is 0. The van der Waals surface area contributed by atoms with Crippen LogP contribution in [0, 0.1) is 0 Å². The van der Waals surface area contributed by atoms with Crippen molar-refractivity contribution >= 4 is 58.5 Å². The molecule has 0 heterocycles. The van der Waals surface area contributed by atoms with Crippen LogP contribution in [0.25, 0.3) is 6.08 Å². The molecule has 9 nitrogen and oxygen atoms in total. The maximum absolute atomic E-state index is 13.6. The van der Waals surface area contributed by atoms with Gasteiger partial charge in [0.1, 0.15) is 5.70 Å². The first-order chi connectivity index (χ1) is 21.3. The highest BCUT2D eigenvalue weighted by atomic mass is 35.5. The van der Waals surface area contributed by atoms with Crippen molar-refractivity contribution in [2.75, 3.05) is 37.7 Å². The summed E-state index contributed by atoms with van der Waals surface area (Å²) in [5, 5.41) is 8.78. The number of carbonyl (C=O) groups is 3. The van der Waals surface area contributed by atoms with Crippen molar-refractivity contribution in [2.24, 2.45) is 0 Å². The molecule has 0 bridgehead atoms. The van der Waals surface area contributed by atoms with Gasteiger partial charge in [-0.05, 0) is 66.2 Å². The predicted octanol–water partition coefficient (Wildman–Crippen LogP) is 6.51. The van der Waals surface area contributed by atoms with Crippen LogP contribution in [0.1, 0.15) is 15.9 Å². The molecule has 0 aromatic heterocycles. The highest BCUT2D eigenvalue weighted by Crippen LogP contribution is 2.38. The minimum absolute atomic E-state index is 0.0229. The van der Waals surface area contributed by atoms with Crippen LogP contribution in [0.4, 0.5) is 11.4 Å². The highest BCUT2D eigenvalue weighted by Gasteiger charge is 2.18. The molecule has 0 radical (unpaired) electrons. The summed E-state index contributed by atoms with van der Waals surface area (Å²) < 4.78 is 16.3. The van der Waals surface area contributed by atoms with Gasteiger partial charge in [-0.2, -0.15) is 0 Å². The zero-order valence-corrected chi connectivity index (χ0v) is 25.8. The van der Waals surface area contributed by atoms with E-state index in [1.807, 2.05) is 6.07 Å². The average molecular weight is 632 g/mol. The number of hydrogen-bond donors (Lipinski definition) is 3. The molecule has 0 saturated heterocycles. The van der Waals surface area contributed by atoms with E-state index in [-0.39, 0.29) is 17.4 Å². The van der Waals surface area contributed by atoms with Gasteiger partial charge in [0.15, 0.2) is 11.5 Å². The molecular weight excluding hydrogens is 602 g/mol. The zero-order valence-electron chi connectivity index (χ0n) is 24.2. The van der Waals surface area contributed by atoms with Gasteiger partial charge in [-0.3, -0.25) is 14.4 Å². The van der Waals surface area contributed by atoms with Crippen molar-refractivity contribution in [3.8, 4) is 17.2 Å². The lowest BCUT2D eigenvalue weighted by Crippen LogP contribution is -2.30. The van der Waals surface area contributed by atoms with Crippen molar-refractivity contribution in [2.45, 2.75) is 4.90 Å². The fourth-order valence-electron chi connectivity index (χ4n) is 4.05. The lowest BCUT2D eigenvalue weighted by Gasteiger charge is -2.15. The number of thioether (sulfide) groups is 1. The summed E-state index contributed by atoms with van der Waals surface area (Å²) in [4.78, 5) is 39.8. The van der Waals surface area contributed by atoms with Crippen LogP contribution in [-0.2, 0) is 9.59 Å². The molecule has 3 amide bonds. The van der Waals surface area contributed by atoms with Crippen LogP contribution in [-0.4, -0.2) is 44.8 Å². The van der Waals surface area contributed by atoms with Crippen molar-refractivity contribution in [3.63, 3.8) is 0 Å². The summed E-state index contributed by atoms with van der Waals surface area (Å²) >= 11 is 7.43. The average Bonchev–Trinajstić information content (AvgIpc) is 3.04. The lowest BCUT2D eigenvalue weighted by atomic mass is 10.1. The van der Waals surface area contributed by atoms with Gasteiger partial charge in [0.2, 0.25) is 11.7 Å². The van der Waals surface area contributed by atoms with E-state index in [0.717, 1.165) is 4.90 Å². The molecule has 4 aromatic carbocycles. The molecule has 0 fully saturated rings. The minimum Gasteiger partial charge on any atom is -0.493 e. The Balaban J connectivity index is 1.55. The van der Waals surface area contributed by atoms with Gasteiger partial charge >= 0.3 is 0 Å². The maximum Gasteiger partial charge on any atom is 0.272 e. The smallest absolute Gasteiger partial charge is 0.272 e. The molecule has 4 rings (SSSR count). The Bertz CT molecular complexity index is 1650. The van der Waals surface area contributed by atoms with Crippen molar-refractivity contribution in [1.82, 2.24) is 5.32 Å². The maximum atomic E-state index is 13.6. The summed E-state index contributed by atoms with van der Waals surface area (Å²) in [6.07, 6.45) is 1.51. The van der Waals surface area contributed by atoms with Crippen molar-refractivity contribution < 1.29 is 28.6 Å². The van der Waals surface area contributed by atoms with Crippen LogP contribution in [0.15, 0.2) is 102 Å². The molecule has 0 atom stereocenters. The van der Waals surface area contributed by atoms with Gasteiger partial charge in [0.05, 0.1) is 37.8 Å². The number of nitrogens with one attached hydrogen (secondary N) is 3. The summed E-state index contributed by atoms with van der Waals surface area (Å²) in [6, 6.07) is 25.9. The van der Waals surface area contributed by atoms with Gasteiger partial charge in [-0.15, -0.1) is 11.8 Å². The number of amides is 3. The zero-order chi connectivity index (χ0) is 31.5. The Morgan fingerprint density at radius 3 is 2.14 bits per heavy atom. The van der Waals surface area contributed by atoms with E-state index in [0.29, 0.717) is 44.8 Å². The first kappa shape index (κ1) is 32.0. The quantitative estimate of drug-likeness (QED) is 0.121. The molecule has 3 N–H and O–H groups in total. The van der Waals surface area contributed by atoms with Crippen LogP contribution < -0.4 is 30.2 Å². The predicted molar refractivity (Wildman–Crippen MR) is 174 cm³/mol. The van der Waals surface area contributed by atoms with E-state index in [4.69, 9.17) is 25.8 Å². The Labute approximate surface area is 264 Å². The second kappa shape index (κ2) is 15.5. The normalized spacial score (nSPS) is 10.9. The Morgan fingerprint density at radius 1 is 0.795 bits per heavy atom. The van der Waals surface area contributed by atoms with E-state index < -0.39 is 11.8 Å². The number of anilines is 2. The molecule has 11 heteroatoms. The fourth-order valence-corrected chi connectivity index (χ4v) is 4.99. The highest BCUT2D eigenvalue weighted by molar-refractivity contribution is 8.00.